The van der Waals surface area contributed by atoms with Crippen molar-refractivity contribution in [1.82, 2.24) is 4.98 Å². The van der Waals surface area contributed by atoms with Crippen molar-refractivity contribution in [2.75, 3.05) is 0 Å². The molecular weight excluding hydrogens is 258 g/mol. The van der Waals surface area contributed by atoms with Gasteiger partial charge in [0.1, 0.15) is 11.1 Å². The number of halogens is 4. The molecule has 0 aliphatic rings. The van der Waals surface area contributed by atoms with Gasteiger partial charge >= 0.3 is 6.18 Å². The van der Waals surface area contributed by atoms with Gasteiger partial charge in [0.25, 0.3) is 0 Å². The second kappa shape index (κ2) is 5.20. The SMILES string of the molecule is CC(C)c1ccnc(C#CC(C)(C)C(F)(F)F)c1F. The van der Waals surface area contributed by atoms with Crippen LogP contribution in [-0.2, 0) is 0 Å². The smallest absolute Gasteiger partial charge is 0.245 e. The van der Waals surface area contributed by atoms with Crippen molar-refractivity contribution in [3.8, 4) is 11.8 Å². The number of aromatic nitrogens is 1. The minimum absolute atomic E-state index is 0.0841. The highest BCUT2D eigenvalue weighted by Crippen LogP contribution is 2.36. The van der Waals surface area contributed by atoms with Crippen molar-refractivity contribution in [2.45, 2.75) is 39.8 Å². The van der Waals surface area contributed by atoms with Crippen LogP contribution < -0.4 is 0 Å². The molecule has 104 valence electrons. The fraction of sp³-hybridized carbons (Fsp3) is 0.500. The van der Waals surface area contributed by atoms with Crippen LogP contribution in [0.1, 0.15) is 44.9 Å². The molecule has 0 atom stereocenters. The zero-order chi connectivity index (χ0) is 14.8. The van der Waals surface area contributed by atoms with Crippen LogP contribution in [0.4, 0.5) is 17.6 Å². The molecule has 5 heteroatoms. The summed E-state index contributed by atoms with van der Waals surface area (Å²) in [6.45, 7) is 5.47. The topological polar surface area (TPSA) is 12.9 Å². The van der Waals surface area contributed by atoms with Gasteiger partial charge in [0, 0.05) is 6.20 Å². The van der Waals surface area contributed by atoms with Gasteiger partial charge in [0.15, 0.2) is 5.82 Å². The van der Waals surface area contributed by atoms with E-state index in [1.807, 2.05) is 5.92 Å². The van der Waals surface area contributed by atoms with Crippen molar-refractivity contribution in [3.63, 3.8) is 0 Å². The summed E-state index contributed by atoms with van der Waals surface area (Å²) in [4.78, 5) is 3.69. The lowest BCUT2D eigenvalue weighted by atomic mass is 9.93. The van der Waals surface area contributed by atoms with E-state index in [0.717, 1.165) is 13.8 Å². The Bertz CT molecular complexity index is 518. The van der Waals surface area contributed by atoms with Crippen LogP contribution in [0, 0.1) is 23.1 Å². The lowest BCUT2D eigenvalue weighted by Gasteiger charge is -2.21. The van der Waals surface area contributed by atoms with Crippen molar-refractivity contribution < 1.29 is 17.6 Å². The van der Waals surface area contributed by atoms with Crippen LogP contribution in [0.3, 0.4) is 0 Å². The van der Waals surface area contributed by atoms with Gasteiger partial charge in [0.2, 0.25) is 0 Å². The third-order valence-corrected chi connectivity index (χ3v) is 2.74. The Morgan fingerprint density at radius 3 is 2.26 bits per heavy atom. The van der Waals surface area contributed by atoms with Gasteiger partial charge in [-0.1, -0.05) is 19.8 Å². The van der Waals surface area contributed by atoms with E-state index >= 15 is 0 Å². The molecule has 0 radical (unpaired) electrons. The molecule has 1 nitrogen and oxygen atoms in total. The Kier molecular flexibility index (Phi) is 4.24. The highest BCUT2D eigenvalue weighted by atomic mass is 19.4. The first-order valence-corrected chi connectivity index (χ1v) is 5.80. The van der Waals surface area contributed by atoms with E-state index in [0.29, 0.717) is 5.56 Å². The normalized spacial score (nSPS) is 12.3. The van der Waals surface area contributed by atoms with E-state index in [1.165, 1.54) is 12.3 Å². The molecule has 1 heterocycles. The molecule has 19 heavy (non-hydrogen) atoms. The standard InChI is InChI=1S/C14H15F4N/c1-9(2)10-6-8-19-11(12(10)15)5-7-13(3,4)14(16,17)18/h6,8-9H,1-4H3. The third kappa shape index (κ3) is 3.46. The molecular formula is C14H15F4N. The molecule has 0 saturated heterocycles. The molecule has 1 aromatic rings. The molecule has 0 saturated carbocycles. The van der Waals surface area contributed by atoms with E-state index in [2.05, 4.69) is 10.9 Å². The Hall–Kier alpha value is -1.57. The van der Waals surface area contributed by atoms with Crippen LogP contribution in [-0.4, -0.2) is 11.2 Å². The average molecular weight is 273 g/mol. The zero-order valence-electron chi connectivity index (χ0n) is 11.2. The van der Waals surface area contributed by atoms with Crippen molar-refractivity contribution in [1.29, 1.82) is 0 Å². The van der Waals surface area contributed by atoms with Gasteiger partial charge in [-0.2, -0.15) is 13.2 Å². The van der Waals surface area contributed by atoms with Gasteiger partial charge in [-0.25, -0.2) is 9.37 Å². The van der Waals surface area contributed by atoms with Crippen LogP contribution in [0.2, 0.25) is 0 Å². The summed E-state index contributed by atoms with van der Waals surface area (Å²) < 4.78 is 51.8. The molecule has 0 N–H and O–H groups in total. The van der Waals surface area contributed by atoms with Crippen molar-refractivity contribution in [2.24, 2.45) is 5.41 Å². The highest BCUT2D eigenvalue weighted by molar-refractivity contribution is 5.35. The van der Waals surface area contributed by atoms with E-state index in [1.54, 1.807) is 13.8 Å². The molecule has 0 aromatic carbocycles. The molecule has 0 amide bonds. The van der Waals surface area contributed by atoms with Gasteiger partial charge < -0.3 is 0 Å². The number of alkyl halides is 3. The Morgan fingerprint density at radius 1 is 1.21 bits per heavy atom. The molecule has 0 unspecified atom stereocenters. The fourth-order valence-corrected chi connectivity index (χ4v) is 1.28. The third-order valence-electron chi connectivity index (χ3n) is 2.74. The summed E-state index contributed by atoms with van der Waals surface area (Å²) in [7, 11) is 0. The molecule has 0 aliphatic heterocycles. The van der Waals surface area contributed by atoms with E-state index in [9.17, 15) is 17.6 Å². The first-order chi connectivity index (χ1) is 8.56. The van der Waals surface area contributed by atoms with Crippen LogP contribution in [0.15, 0.2) is 12.3 Å². The maximum Gasteiger partial charge on any atom is 0.404 e. The zero-order valence-corrected chi connectivity index (χ0v) is 11.2. The van der Waals surface area contributed by atoms with Gasteiger partial charge in [-0.05, 0) is 37.3 Å². The number of rotatable bonds is 1. The largest absolute Gasteiger partial charge is 0.404 e. The fourth-order valence-electron chi connectivity index (χ4n) is 1.28. The Balaban J connectivity index is 3.19. The van der Waals surface area contributed by atoms with Gasteiger partial charge in [0.05, 0.1) is 0 Å². The summed E-state index contributed by atoms with van der Waals surface area (Å²) in [5, 5.41) is 0. The van der Waals surface area contributed by atoms with E-state index in [-0.39, 0.29) is 11.6 Å². The van der Waals surface area contributed by atoms with Crippen molar-refractivity contribution in [3.05, 3.63) is 29.3 Å². The Morgan fingerprint density at radius 2 is 1.79 bits per heavy atom. The van der Waals surface area contributed by atoms with Gasteiger partial charge in [-0.15, -0.1) is 0 Å². The summed E-state index contributed by atoms with van der Waals surface area (Å²) in [6, 6.07) is 1.50. The molecule has 0 bridgehead atoms. The second-order valence-corrected chi connectivity index (χ2v) is 5.09. The summed E-state index contributed by atoms with van der Waals surface area (Å²) in [6.07, 6.45) is -3.12. The lowest BCUT2D eigenvalue weighted by Crippen LogP contribution is -2.30. The summed E-state index contributed by atoms with van der Waals surface area (Å²) >= 11 is 0. The minimum atomic E-state index is -4.47. The molecule has 1 aromatic heterocycles. The maximum atomic E-state index is 13.9. The first kappa shape index (κ1) is 15.5. The number of pyridine rings is 1. The Labute approximate surface area is 110 Å². The van der Waals surface area contributed by atoms with Gasteiger partial charge in [-0.3, -0.25) is 0 Å². The van der Waals surface area contributed by atoms with E-state index < -0.39 is 17.4 Å². The summed E-state index contributed by atoms with van der Waals surface area (Å²) in [5.41, 5.74) is -2.05. The quantitative estimate of drug-likeness (QED) is 0.549. The first-order valence-electron chi connectivity index (χ1n) is 5.80. The molecule has 0 aliphatic carbocycles. The molecule has 0 fully saturated rings. The average Bonchev–Trinajstić information content (AvgIpc) is 2.25. The minimum Gasteiger partial charge on any atom is -0.245 e. The highest BCUT2D eigenvalue weighted by Gasteiger charge is 2.46. The van der Waals surface area contributed by atoms with Crippen LogP contribution in [0.5, 0.6) is 0 Å². The van der Waals surface area contributed by atoms with Crippen molar-refractivity contribution >= 4 is 0 Å². The monoisotopic (exact) mass is 273 g/mol. The van der Waals surface area contributed by atoms with Crippen LogP contribution in [0.25, 0.3) is 0 Å². The predicted octanol–water partition coefficient (Wildman–Crippen LogP) is 4.28. The molecule has 1 rings (SSSR count). The predicted molar refractivity (Wildman–Crippen MR) is 65.0 cm³/mol. The summed E-state index contributed by atoms with van der Waals surface area (Å²) in [5.74, 6) is 3.51. The second-order valence-electron chi connectivity index (χ2n) is 5.09. The number of nitrogens with zero attached hydrogens (tertiary/aromatic N) is 1. The molecule has 0 spiro atoms. The number of hydrogen-bond acceptors (Lipinski definition) is 1. The number of hydrogen-bond donors (Lipinski definition) is 0. The van der Waals surface area contributed by atoms with E-state index in [4.69, 9.17) is 0 Å². The van der Waals surface area contributed by atoms with Crippen LogP contribution >= 0.6 is 0 Å². The lowest BCUT2D eigenvalue weighted by molar-refractivity contribution is -0.190. The maximum absolute atomic E-state index is 13.9.